The molecule has 0 aliphatic heterocycles. The van der Waals surface area contributed by atoms with Gasteiger partial charge in [-0.25, -0.2) is 0 Å². The zero-order chi connectivity index (χ0) is 26.5. The molecule has 2 aromatic heterocycles. The second-order valence-corrected chi connectivity index (χ2v) is 9.83. The third-order valence-electron chi connectivity index (χ3n) is 7.59. The summed E-state index contributed by atoms with van der Waals surface area (Å²) >= 11 is 0. The van der Waals surface area contributed by atoms with Crippen molar-refractivity contribution in [3.8, 4) is 33.5 Å². The maximum atomic E-state index is 4.86. The van der Waals surface area contributed by atoms with Gasteiger partial charge in [0.25, 0.3) is 0 Å². The van der Waals surface area contributed by atoms with Gasteiger partial charge in [-0.05, 0) is 39.4 Å². The summed E-state index contributed by atoms with van der Waals surface area (Å²) in [5.74, 6) is 0. The van der Waals surface area contributed by atoms with Crippen LogP contribution in [0.25, 0.3) is 77.0 Å². The summed E-state index contributed by atoms with van der Waals surface area (Å²) < 4.78 is 0. The summed E-state index contributed by atoms with van der Waals surface area (Å²) in [4.78, 5) is 13.8. The number of aromatic nitrogens is 3. The molecule has 4 heteroatoms. The van der Waals surface area contributed by atoms with Crippen LogP contribution in [-0.4, -0.2) is 15.0 Å². The fourth-order valence-corrected chi connectivity index (χ4v) is 5.87. The molecule has 8 aromatic rings. The Balaban J connectivity index is 0.000000134. The van der Waals surface area contributed by atoms with Crippen molar-refractivity contribution in [3.05, 3.63) is 140 Å². The standard InChI is InChI=1S/C21H12N.C16H9N2.Ir/c1-2-7-14(8-3-1)20-13-18-16-10-5-4-9-15(16)17-11-6-12-19(22-20)21(17)18;1-3-7-13-11(5-1)12-6-2-4-8-14(12)16-15(13)17-9-10-18-16;/h1-7,9-13H;1-7,9-10H;/q2*-1;. The Morgan fingerprint density at radius 3 is 2.02 bits per heavy atom. The van der Waals surface area contributed by atoms with Crippen LogP contribution in [0.1, 0.15) is 0 Å². The fourth-order valence-electron chi connectivity index (χ4n) is 5.87. The molecule has 3 nitrogen and oxygen atoms in total. The van der Waals surface area contributed by atoms with Crippen molar-refractivity contribution in [1.82, 2.24) is 15.0 Å². The van der Waals surface area contributed by atoms with E-state index >= 15 is 0 Å². The first-order valence-electron chi connectivity index (χ1n) is 13.3. The van der Waals surface area contributed by atoms with Crippen molar-refractivity contribution in [2.45, 2.75) is 0 Å². The van der Waals surface area contributed by atoms with Gasteiger partial charge in [0.1, 0.15) is 0 Å². The van der Waals surface area contributed by atoms with Crippen LogP contribution >= 0.6 is 0 Å². The van der Waals surface area contributed by atoms with E-state index in [-0.39, 0.29) is 20.1 Å². The van der Waals surface area contributed by atoms with Gasteiger partial charge >= 0.3 is 0 Å². The topological polar surface area (TPSA) is 38.7 Å². The van der Waals surface area contributed by atoms with E-state index in [1.54, 1.807) is 12.4 Å². The summed E-state index contributed by atoms with van der Waals surface area (Å²) in [6.07, 6.45) is 3.47. The molecule has 1 radical (unpaired) electrons. The van der Waals surface area contributed by atoms with E-state index in [2.05, 4.69) is 101 Å². The molecule has 0 amide bonds. The van der Waals surface area contributed by atoms with Crippen LogP contribution in [-0.2, 0) is 20.1 Å². The first kappa shape index (κ1) is 25.2. The smallest absolute Gasteiger partial charge is 0.0607 e. The van der Waals surface area contributed by atoms with E-state index in [0.29, 0.717) is 0 Å². The van der Waals surface area contributed by atoms with Gasteiger partial charge < -0.3 is 4.98 Å². The quantitative estimate of drug-likeness (QED) is 0.127. The molecule has 0 atom stereocenters. The molecule has 1 aliphatic carbocycles. The van der Waals surface area contributed by atoms with Crippen molar-refractivity contribution in [2.24, 2.45) is 0 Å². The molecule has 1 aliphatic rings. The van der Waals surface area contributed by atoms with Crippen molar-refractivity contribution in [3.63, 3.8) is 0 Å². The van der Waals surface area contributed by atoms with Gasteiger partial charge in [0.05, 0.1) is 11.0 Å². The molecule has 0 fully saturated rings. The average Bonchev–Trinajstić information content (AvgIpc) is 3.37. The second kappa shape index (κ2) is 10.3. The Morgan fingerprint density at radius 2 is 1.20 bits per heavy atom. The van der Waals surface area contributed by atoms with E-state index in [0.717, 1.165) is 38.6 Å². The number of hydrogen-bond acceptors (Lipinski definition) is 3. The normalized spacial score (nSPS) is 11.2. The third kappa shape index (κ3) is 4.12. The van der Waals surface area contributed by atoms with Gasteiger partial charge in [0.15, 0.2) is 0 Å². The van der Waals surface area contributed by atoms with Crippen LogP contribution in [0.5, 0.6) is 0 Å². The van der Waals surface area contributed by atoms with Crippen molar-refractivity contribution in [2.75, 3.05) is 0 Å². The number of rotatable bonds is 1. The zero-order valence-corrected chi connectivity index (χ0v) is 24.2. The van der Waals surface area contributed by atoms with E-state index < -0.39 is 0 Å². The summed E-state index contributed by atoms with van der Waals surface area (Å²) in [7, 11) is 0. The van der Waals surface area contributed by atoms with Crippen LogP contribution in [0.15, 0.2) is 128 Å². The van der Waals surface area contributed by atoms with Gasteiger partial charge in [-0.2, -0.15) is 0 Å². The van der Waals surface area contributed by atoms with Crippen LogP contribution in [0, 0.1) is 12.1 Å². The Hall–Kier alpha value is -4.76. The SMILES string of the molecule is [Ir].[c-]1cccc2c1c1nccnc1c1ccccc21.[c-]1ccccc1-c1cc2c3c(cccc3n1)-c1ccccc1-2. The molecule has 0 unspecified atom stereocenters. The number of benzene rings is 6. The molecule has 195 valence electrons. The Bertz CT molecular complexity index is 2000. The minimum absolute atomic E-state index is 0. The van der Waals surface area contributed by atoms with Crippen LogP contribution < -0.4 is 0 Å². The molecule has 41 heavy (non-hydrogen) atoms. The molecule has 0 spiro atoms. The summed E-state index contributed by atoms with van der Waals surface area (Å²) in [5.41, 5.74) is 10.1. The van der Waals surface area contributed by atoms with Gasteiger partial charge in [-0.1, -0.05) is 77.5 Å². The molecule has 0 bridgehead atoms. The van der Waals surface area contributed by atoms with Crippen molar-refractivity contribution in [1.29, 1.82) is 0 Å². The number of fused-ring (bicyclic) bond motifs is 9. The van der Waals surface area contributed by atoms with Crippen LogP contribution in [0.3, 0.4) is 0 Å². The molecule has 0 N–H and O–H groups in total. The molecule has 0 saturated carbocycles. The molecule has 6 aromatic carbocycles. The molecule has 9 rings (SSSR count). The average molecular weight is 700 g/mol. The number of hydrogen-bond donors (Lipinski definition) is 0. The zero-order valence-electron chi connectivity index (χ0n) is 21.8. The largest absolute Gasteiger partial charge is 0.301 e. The second-order valence-electron chi connectivity index (χ2n) is 9.83. The van der Waals surface area contributed by atoms with Gasteiger partial charge in [0.2, 0.25) is 0 Å². The summed E-state index contributed by atoms with van der Waals surface area (Å²) in [6, 6.07) is 46.1. The summed E-state index contributed by atoms with van der Waals surface area (Å²) in [6.45, 7) is 0. The maximum absolute atomic E-state index is 4.86. The monoisotopic (exact) mass is 700 g/mol. The van der Waals surface area contributed by atoms with Crippen molar-refractivity contribution >= 4 is 43.5 Å². The van der Waals surface area contributed by atoms with E-state index in [4.69, 9.17) is 4.98 Å². The van der Waals surface area contributed by atoms with E-state index in [1.165, 1.54) is 38.4 Å². The number of pyridine rings is 1. The first-order chi connectivity index (χ1) is 19.9. The van der Waals surface area contributed by atoms with Crippen LogP contribution in [0.4, 0.5) is 0 Å². The Morgan fingerprint density at radius 1 is 0.512 bits per heavy atom. The van der Waals surface area contributed by atoms with Crippen molar-refractivity contribution < 1.29 is 20.1 Å². The fraction of sp³-hybridized carbons (Fsp3) is 0. The minimum atomic E-state index is 0. The number of nitrogens with zero attached hydrogens (tertiary/aromatic N) is 3. The van der Waals surface area contributed by atoms with Crippen LogP contribution in [0.2, 0.25) is 0 Å². The molecular weight excluding hydrogens is 679 g/mol. The Kier molecular flexibility index (Phi) is 6.36. The molecular formula is C37H21IrN3-2. The minimum Gasteiger partial charge on any atom is -0.301 e. The Labute approximate surface area is 250 Å². The first-order valence-corrected chi connectivity index (χ1v) is 13.3. The van der Waals surface area contributed by atoms with E-state index in [9.17, 15) is 0 Å². The van der Waals surface area contributed by atoms with Gasteiger partial charge in [-0.3, -0.25) is 9.97 Å². The predicted octanol–water partition coefficient (Wildman–Crippen LogP) is 9.08. The maximum Gasteiger partial charge on any atom is 0.0607 e. The molecule has 0 saturated heterocycles. The van der Waals surface area contributed by atoms with E-state index in [1.807, 2.05) is 36.4 Å². The summed E-state index contributed by atoms with van der Waals surface area (Å²) in [5, 5.41) is 5.84. The predicted molar refractivity (Wildman–Crippen MR) is 164 cm³/mol. The van der Waals surface area contributed by atoms with Gasteiger partial charge in [-0.15, -0.1) is 65.5 Å². The molecule has 2 heterocycles. The third-order valence-corrected chi connectivity index (χ3v) is 7.59. The van der Waals surface area contributed by atoms with Gasteiger partial charge in [0, 0.05) is 43.4 Å².